The number of hydrogen-bond donors (Lipinski definition) is 1. The van der Waals surface area contributed by atoms with Crippen LogP contribution in [-0.4, -0.2) is 21.9 Å². The van der Waals surface area contributed by atoms with Crippen LogP contribution in [0.25, 0.3) is 22.3 Å². The van der Waals surface area contributed by atoms with E-state index in [9.17, 15) is 9.18 Å². The summed E-state index contributed by atoms with van der Waals surface area (Å²) in [6.07, 6.45) is 5.42. The first-order valence-corrected chi connectivity index (χ1v) is 11.2. The Balaban J connectivity index is 1.37. The maximum absolute atomic E-state index is 13.7. The zero-order valence-electron chi connectivity index (χ0n) is 18.1. The number of nitrogens with one attached hydrogen (secondary N) is 1. The lowest BCUT2D eigenvalue weighted by atomic mass is 9.95. The number of nitrogens with zero attached hydrogens (tertiary/aromatic N) is 2. The molecule has 4 nitrogen and oxygen atoms in total. The number of halogens is 1. The van der Waals surface area contributed by atoms with Gasteiger partial charge in [0.25, 0.3) is 0 Å². The summed E-state index contributed by atoms with van der Waals surface area (Å²) in [5.74, 6) is -0.142. The fraction of sp³-hybridized carbons (Fsp3) is 0.259. The van der Waals surface area contributed by atoms with Crippen LogP contribution in [0.4, 0.5) is 10.1 Å². The lowest BCUT2D eigenvalue weighted by molar-refractivity contribution is -0.119. The molecule has 2 aromatic carbocycles. The van der Waals surface area contributed by atoms with Crippen LogP contribution in [0, 0.1) is 5.82 Å². The van der Waals surface area contributed by atoms with Crippen LogP contribution < -0.4 is 4.90 Å². The van der Waals surface area contributed by atoms with Gasteiger partial charge < -0.3 is 9.88 Å². The van der Waals surface area contributed by atoms with Crippen molar-refractivity contribution in [2.24, 2.45) is 0 Å². The number of hydrogen-bond acceptors (Lipinski definition) is 2. The summed E-state index contributed by atoms with van der Waals surface area (Å²) in [6, 6.07) is 19.0. The standard InChI is InChI=1S/C27H26FN3O/c1-18-12-13-19-17-20(28)14-15-25(19)31(18)26(32)11-6-8-22-21-7-2-3-9-23(21)30-27(22)24-10-4-5-16-29-24/h2-5,7,9-10,14-18,30H,6,8,11-13H2,1H3. The number of para-hydroxylation sites is 1. The van der Waals surface area contributed by atoms with Gasteiger partial charge in [-0.15, -0.1) is 0 Å². The second-order valence-electron chi connectivity index (χ2n) is 8.52. The van der Waals surface area contributed by atoms with Crippen LogP contribution in [0.3, 0.4) is 0 Å². The highest BCUT2D eigenvalue weighted by molar-refractivity contribution is 5.95. The van der Waals surface area contributed by atoms with E-state index in [1.807, 2.05) is 35.2 Å². The second kappa shape index (κ2) is 8.58. The van der Waals surface area contributed by atoms with E-state index in [0.717, 1.165) is 53.8 Å². The van der Waals surface area contributed by atoms with E-state index in [4.69, 9.17) is 0 Å². The monoisotopic (exact) mass is 427 g/mol. The van der Waals surface area contributed by atoms with Crippen LogP contribution in [-0.2, 0) is 17.6 Å². The Morgan fingerprint density at radius 3 is 2.84 bits per heavy atom. The minimum Gasteiger partial charge on any atom is -0.353 e. The van der Waals surface area contributed by atoms with Gasteiger partial charge in [-0.25, -0.2) is 4.39 Å². The van der Waals surface area contributed by atoms with Gasteiger partial charge in [0.1, 0.15) is 5.82 Å². The number of amides is 1. The highest BCUT2D eigenvalue weighted by Crippen LogP contribution is 2.33. The highest BCUT2D eigenvalue weighted by atomic mass is 19.1. The smallest absolute Gasteiger partial charge is 0.227 e. The summed E-state index contributed by atoms with van der Waals surface area (Å²) < 4.78 is 13.7. The molecule has 32 heavy (non-hydrogen) atoms. The van der Waals surface area contributed by atoms with E-state index < -0.39 is 0 Å². The molecule has 4 aromatic rings. The number of pyridine rings is 1. The largest absolute Gasteiger partial charge is 0.353 e. The molecule has 5 heteroatoms. The van der Waals surface area contributed by atoms with Crippen LogP contribution >= 0.6 is 0 Å². The predicted molar refractivity (Wildman–Crippen MR) is 126 cm³/mol. The van der Waals surface area contributed by atoms with Gasteiger partial charge in [-0.2, -0.15) is 0 Å². The molecule has 0 saturated heterocycles. The summed E-state index contributed by atoms with van der Waals surface area (Å²) in [5.41, 5.74) is 5.98. The number of aromatic nitrogens is 2. The molecule has 0 spiro atoms. The van der Waals surface area contributed by atoms with Gasteiger partial charge >= 0.3 is 0 Å². The number of H-pyrrole nitrogens is 1. The first-order valence-electron chi connectivity index (χ1n) is 11.2. The Labute approximate surface area is 187 Å². The normalized spacial score (nSPS) is 15.7. The van der Waals surface area contributed by atoms with Crippen molar-refractivity contribution >= 4 is 22.5 Å². The molecule has 0 radical (unpaired) electrons. The lowest BCUT2D eigenvalue weighted by Crippen LogP contribution is -2.42. The maximum atomic E-state index is 13.7. The summed E-state index contributed by atoms with van der Waals surface area (Å²) in [6.45, 7) is 2.07. The van der Waals surface area contributed by atoms with Crippen molar-refractivity contribution in [1.82, 2.24) is 9.97 Å². The minimum atomic E-state index is -0.243. The fourth-order valence-corrected chi connectivity index (χ4v) is 4.83. The Morgan fingerprint density at radius 2 is 2.00 bits per heavy atom. The first kappa shape index (κ1) is 20.4. The van der Waals surface area contributed by atoms with Gasteiger partial charge in [0.2, 0.25) is 5.91 Å². The Bertz CT molecular complexity index is 1260. The molecule has 0 saturated carbocycles. The molecule has 162 valence electrons. The third kappa shape index (κ3) is 3.79. The highest BCUT2D eigenvalue weighted by Gasteiger charge is 2.28. The van der Waals surface area contributed by atoms with Gasteiger partial charge in [-0.1, -0.05) is 24.3 Å². The third-order valence-corrected chi connectivity index (χ3v) is 6.39. The second-order valence-corrected chi connectivity index (χ2v) is 8.52. The van der Waals surface area contributed by atoms with Gasteiger partial charge in [0.15, 0.2) is 0 Å². The van der Waals surface area contributed by atoms with Gasteiger partial charge in [0.05, 0.1) is 11.4 Å². The number of aromatic amines is 1. The number of rotatable bonds is 5. The molecule has 1 N–H and O–H groups in total. The van der Waals surface area contributed by atoms with Crippen molar-refractivity contribution in [3.05, 3.63) is 83.8 Å². The van der Waals surface area contributed by atoms with E-state index in [0.29, 0.717) is 6.42 Å². The van der Waals surface area contributed by atoms with E-state index in [1.54, 1.807) is 18.3 Å². The molecule has 1 atom stereocenters. The van der Waals surface area contributed by atoms with Crippen molar-refractivity contribution in [3.63, 3.8) is 0 Å². The summed E-state index contributed by atoms with van der Waals surface area (Å²) >= 11 is 0. The number of carbonyl (C=O) groups is 1. The zero-order chi connectivity index (χ0) is 22.1. The molecule has 5 rings (SSSR count). The number of aryl methyl sites for hydroxylation is 2. The quantitative estimate of drug-likeness (QED) is 0.421. The van der Waals surface area contributed by atoms with Crippen LogP contribution in [0.15, 0.2) is 66.9 Å². The molecule has 1 amide bonds. The van der Waals surface area contributed by atoms with Gasteiger partial charge in [-0.3, -0.25) is 9.78 Å². The third-order valence-electron chi connectivity index (χ3n) is 6.39. The van der Waals surface area contributed by atoms with Crippen LogP contribution in [0.2, 0.25) is 0 Å². The van der Waals surface area contributed by atoms with Crippen LogP contribution in [0.1, 0.15) is 37.3 Å². The summed E-state index contributed by atoms with van der Waals surface area (Å²) in [4.78, 5) is 23.1. The molecule has 1 aliphatic heterocycles. The summed E-state index contributed by atoms with van der Waals surface area (Å²) in [7, 11) is 0. The van der Waals surface area contributed by atoms with E-state index in [-0.39, 0.29) is 17.8 Å². The van der Waals surface area contributed by atoms with E-state index in [1.165, 1.54) is 17.0 Å². The molecule has 0 fully saturated rings. The zero-order valence-corrected chi connectivity index (χ0v) is 18.1. The number of benzene rings is 2. The van der Waals surface area contributed by atoms with E-state index >= 15 is 0 Å². The van der Waals surface area contributed by atoms with Crippen molar-refractivity contribution in [1.29, 1.82) is 0 Å². The molecule has 0 aliphatic carbocycles. The average molecular weight is 428 g/mol. The van der Waals surface area contributed by atoms with Gasteiger partial charge in [-0.05, 0) is 80.1 Å². The van der Waals surface area contributed by atoms with Crippen molar-refractivity contribution in [2.75, 3.05) is 4.90 Å². The molecule has 0 bridgehead atoms. The molecular formula is C27H26FN3O. The fourth-order valence-electron chi connectivity index (χ4n) is 4.83. The van der Waals surface area contributed by atoms with Crippen molar-refractivity contribution < 1.29 is 9.18 Å². The Morgan fingerprint density at radius 1 is 1.16 bits per heavy atom. The molecule has 3 heterocycles. The number of carbonyl (C=O) groups excluding carboxylic acids is 1. The molecule has 1 unspecified atom stereocenters. The lowest BCUT2D eigenvalue weighted by Gasteiger charge is -2.35. The molecule has 2 aromatic heterocycles. The average Bonchev–Trinajstić information content (AvgIpc) is 3.18. The number of fused-ring (bicyclic) bond motifs is 2. The number of anilines is 1. The topological polar surface area (TPSA) is 49.0 Å². The van der Waals surface area contributed by atoms with Crippen LogP contribution in [0.5, 0.6) is 0 Å². The first-order chi connectivity index (χ1) is 15.6. The maximum Gasteiger partial charge on any atom is 0.227 e. The summed E-state index contributed by atoms with van der Waals surface area (Å²) in [5, 5.41) is 1.17. The predicted octanol–water partition coefficient (Wildman–Crippen LogP) is 6.06. The molecule has 1 aliphatic rings. The van der Waals surface area contributed by atoms with Gasteiger partial charge in [0, 0.05) is 35.2 Å². The Kier molecular flexibility index (Phi) is 5.48. The van der Waals surface area contributed by atoms with Crippen molar-refractivity contribution in [3.8, 4) is 11.4 Å². The SMILES string of the molecule is CC1CCc2cc(F)ccc2N1C(=O)CCCc1c(-c2ccccn2)[nH]c2ccccc12. The van der Waals surface area contributed by atoms with Crippen molar-refractivity contribution in [2.45, 2.75) is 45.1 Å². The Hall–Kier alpha value is -3.47. The molecular weight excluding hydrogens is 401 g/mol. The van der Waals surface area contributed by atoms with E-state index in [2.05, 4.69) is 29.0 Å². The minimum absolute atomic E-state index is 0.101.